The molecular weight excluding hydrogens is 362 g/mol. The van der Waals surface area contributed by atoms with E-state index in [1.54, 1.807) is 0 Å². The van der Waals surface area contributed by atoms with Crippen LogP contribution in [0.5, 0.6) is 0 Å². The average molecular weight is 381 g/mol. The summed E-state index contributed by atoms with van der Waals surface area (Å²) >= 11 is 0. The molecule has 1 N–H and O–H groups in total. The van der Waals surface area contributed by atoms with Crippen LogP contribution in [0, 0.1) is 0 Å². The minimum absolute atomic E-state index is 0.00162. The number of nitrogens with zero attached hydrogens (tertiary/aromatic N) is 1. The molecule has 1 heterocycles. The zero-order valence-electron chi connectivity index (χ0n) is 15.0. The molecule has 7 heteroatoms. The number of hydrogen-bond acceptors (Lipinski definition) is 5. The molecule has 0 unspecified atom stereocenters. The Morgan fingerprint density at radius 3 is 2.29 bits per heavy atom. The van der Waals surface area contributed by atoms with E-state index in [0.29, 0.717) is 0 Å². The molecule has 1 atom stereocenters. The number of cyclic esters (lactones) is 1. The highest BCUT2D eigenvalue weighted by Crippen LogP contribution is 2.44. The van der Waals surface area contributed by atoms with Crippen LogP contribution in [0.25, 0.3) is 11.1 Å². The second-order valence-corrected chi connectivity index (χ2v) is 6.81. The standard InChI is InChI=1S/C21H19NO6/c23-19(24)10-9-18-20(25)28-12-22(18)21(26)27-11-17-15-7-3-1-5-13(15)14-6-2-4-8-16(14)17/h1-8,17-18H,9-12H2,(H,23,24)/t18-/m0/s1. The van der Waals surface area contributed by atoms with E-state index in [1.807, 2.05) is 48.5 Å². The van der Waals surface area contributed by atoms with Gasteiger partial charge in [0.15, 0.2) is 6.73 Å². The van der Waals surface area contributed by atoms with E-state index in [9.17, 15) is 14.4 Å². The lowest BCUT2D eigenvalue weighted by Gasteiger charge is -2.21. The SMILES string of the molecule is O=C(O)CC[C@H]1C(=O)OCN1C(=O)OCC1c2ccccc2-c2ccccc21. The molecule has 7 nitrogen and oxygen atoms in total. The molecule has 1 aliphatic carbocycles. The summed E-state index contributed by atoms with van der Waals surface area (Å²) in [5.41, 5.74) is 4.43. The number of ether oxygens (including phenoxy) is 2. The molecule has 0 saturated carbocycles. The van der Waals surface area contributed by atoms with Gasteiger partial charge in [-0.3, -0.25) is 9.69 Å². The van der Waals surface area contributed by atoms with Gasteiger partial charge in [-0.2, -0.15) is 0 Å². The van der Waals surface area contributed by atoms with Crippen LogP contribution in [0.2, 0.25) is 0 Å². The van der Waals surface area contributed by atoms with Crippen molar-refractivity contribution in [3.63, 3.8) is 0 Å². The highest BCUT2D eigenvalue weighted by molar-refractivity contribution is 5.84. The number of esters is 1. The van der Waals surface area contributed by atoms with Gasteiger partial charge in [-0.15, -0.1) is 0 Å². The molecule has 0 radical (unpaired) electrons. The van der Waals surface area contributed by atoms with Gasteiger partial charge in [0.05, 0.1) is 0 Å². The van der Waals surface area contributed by atoms with E-state index in [4.69, 9.17) is 14.6 Å². The van der Waals surface area contributed by atoms with E-state index in [-0.39, 0.29) is 32.1 Å². The summed E-state index contributed by atoms with van der Waals surface area (Å²) in [5, 5.41) is 8.83. The zero-order chi connectivity index (χ0) is 19.7. The maximum atomic E-state index is 12.6. The maximum Gasteiger partial charge on any atom is 0.413 e. The summed E-state index contributed by atoms with van der Waals surface area (Å²) in [6.07, 6.45) is -0.909. The topological polar surface area (TPSA) is 93.1 Å². The number of carbonyl (C=O) groups is 3. The first-order valence-electron chi connectivity index (χ1n) is 9.06. The van der Waals surface area contributed by atoms with E-state index in [1.165, 1.54) is 0 Å². The maximum absolute atomic E-state index is 12.6. The summed E-state index contributed by atoms with van der Waals surface area (Å²) in [4.78, 5) is 36.3. The van der Waals surface area contributed by atoms with Crippen molar-refractivity contribution in [2.75, 3.05) is 13.3 Å². The Hall–Kier alpha value is -3.35. The summed E-state index contributed by atoms with van der Waals surface area (Å²) in [7, 11) is 0. The molecule has 0 aromatic heterocycles. The van der Waals surface area contributed by atoms with Crippen LogP contribution in [0.1, 0.15) is 29.9 Å². The van der Waals surface area contributed by atoms with Crippen molar-refractivity contribution in [3.8, 4) is 11.1 Å². The number of aliphatic carboxylic acids is 1. The van der Waals surface area contributed by atoms with Gasteiger partial charge in [-0.1, -0.05) is 48.5 Å². The van der Waals surface area contributed by atoms with Crippen LogP contribution in [-0.4, -0.2) is 47.4 Å². The fourth-order valence-corrected chi connectivity index (χ4v) is 3.84. The third-order valence-corrected chi connectivity index (χ3v) is 5.20. The second-order valence-electron chi connectivity index (χ2n) is 6.81. The normalized spacial score (nSPS) is 17.8. The Balaban J connectivity index is 1.48. The molecule has 1 saturated heterocycles. The fourth-order valence-electron chi connectivity index (χ4n) is 3.84. The molecule has 28 heavy (non-hydrogen) atoms. The number of benzene rings is 2. The summed E-state index contributed by atoms with van der Waals surface area (Å²) in [6, 6.07) is 15.1. The Bertz CT molecular complexity index is 894. The van der Waals surface area contributed by atoms with Crippen molar-refractivity contribution in [1.82, 2.24) is 4.90 Å². The Labute approximate surface area is 161 Å². The van der Waals surface area contributed by atoms with E-state index in [0.717, 1.165) is 27.2 Å². The predicted molar refractivity (Wildman–Crippen MR) is 98.5 cm³/mol. The Morgan fingerprint density at radius 1 is 1.07 bits per heavy atom. The van der Waals surface area contributed by atoms with E-state index < -0.39 is 24.1 Å². The Kier molecular flexibility index (Phi) is 4.73. The monoisotopic (exact) mass is 381 g/mol. The molecule has 144 valence electrons. The lowest BCUT2D eigenvalue weighted by atomic mass is 9.98. The van der Waals surface area contributed by atoms with Crippen molar-refractivity contribution in [2.45, 2.75) is 24.8 Å². The van der Waals surface area contributed by atoms with Crippen molar-refractivity contribution in [1.29, 1.82) is 0 Å². The van der Waals surface area contributed by atoms with Crippen LogP contribution >= 0.6 is 0 Å². The van der Waals surface area contributed by atoms with Crippen LogP contribution in [-0.2, 0) is 19.1 Å². The number of amides is 1. The highest BCUT2D eigenvalue weighted by Gasteiger charge is 2.39. The van der Waals surface area contributed by atoms with Gasteiger partial charge in [-0.25, -0.2) is 9.59 Å². The number of carboxylic acid groups (broad SMARTS) is 1. The van der Waals surface area contributed by atoms with Crippen LogP contribution in [0.4, 0.5) is 4.79 Å². The lowest BCUT2D eigenvalue weighted by molar-refractivity contribution is -0.140. The van der Waals surface area contributed by atoms with Gasteiger partial charge < -0.3 is 14.6 Å². The van der Waals surface area contributed by atoms with Crippen molar-refractivity contribution >= 4 is 18.0 Å². The number of carboxylic acids is 1. The number of fused-ring (bicyclic) bond motifs is 3. The molecule has 0 spiro atoms. The summed E-state index contributed by atoms with van der Waals surface area (Å²) in [6.45, 7) is -0.0943. The van der Waals surface area contributed by atoms with E-state index in [2.05, 4.69) is 0 Å². The molecule has 2 aromatic carbocycles. The summed E-state index contributed by atoms with van der Waals surface area (Å²) < 4.78 is 10.4. The molecule has 1 fully saturated rings. The van der Waals surface area contributed by atoms with Gasteiger partial charge in [0.1, 0.15) is 12.6 Å². The highest BCUT2D eigenvalue weighted by atomic mass is 16.6. The minimum Gasteiger partial charge on any atom is -0.481 e. The van der Waals surface area contributed by atoms with Crippen LogP contribution in [0.3, 0.4) is 0 Å². The van der Waals surface area contributed by atoms with E-state index >= 15 is 0 Å². The van der Waals surface area contributed by atoms with Gasteiger partial charge in [0.2, 0.25) is 0 Å². The third-order valence-electron chi connectivity index (χ3n) is 5.20. The van der Waals surface area contributed by atoms with Crippen LogP contribution in [0.15, 0.2) is 48.5 Å². The molecule has 0 bridgehead atoms. The second kappa shape index (κ2) is 7.34. The van der Waals surface area contributed by atoms with Crippen molar-refractivity contribution in [3.05, 3.63) is 59.7 Å². The van der Waals surface area contributed by atoms with Gasteiger partial charge >= 0.3 is 18.0 Å². The van der Waals surface area contributed by atoms with Gasteiger partial charge in [0.25, 0.3) is 0 Å². The summed E-state index contributed by atoms with van der Waals surface area (Å²) in [5.74, 6) is -1.73. The molecule has 2 aliphatic rings. The lowest BCUT2D eigenvalue weighted by Crippen LogP contribution is -2.39. The number of rotatable bonds is 5. The molecule has 1 amide bonds. The average Bonchev–Trinajstić information content (AvgIpc) is 3.22. The molecule has 4 rings (SSSR count). The van der Waals surface area contributed by atoms with Gasteiger partial charge in [-0.05, 0) is 28.7 Å². The quantitative estimate of drug-likeness (QED) is 0.801. The van der Waals surface area contributed by atoms with Crippen molar-refractivity contribution in [2.24, 2.45) is 0 Å². The third kappa shape index (κ3) is 3.19. The van der Waals surface area contributed by atoms with Crippen molar-refractivity contribution < 1.29 is 29.0 Å². The molecule has 1 aliphatic heterocycles. The number of hydrogen-bond donors (Lipinski definition) is 1. The van der Waals surface area contributed by atoms with Gasteiger partial charge in [0, 0.05) is 12.3 Å². The smallest absolute Gasteiger partial charge is 0.413 e. The molecular formula is C21H19NO6. The first kappa shape index (κ1) is 18.0. The first-order chi connectivity index (χ1) is 13.6. The number of carbonyl (C=O) groups excluding carboxylic acids is 2. The zero-order valence-corrected chi connectivity index (χ0v) is 15.0. The molecule has 2 aromatic rings. The van der Waals surface area contributed by atoms with Crippen LogP contribution < -0.4 is 0 Å². The first-order valence-corrected chi connectivity index (χ1v) is 9.06. The largest absolute Gasteiger partial charge is 0.481 e. The minimum atomic E-state index is -1.04. The predicted octanol–water partition coefficient (Wildman–Crippen LogP) is 2.99. The Morgan fingerprint density at radius 2 is 1.68 bits per heavy atom. The fraction of sp³-hybridized carbons (Fsp3) is 0.286.